The van der Waals surface area contributed by atoms with Crippen molar-refractivity contribution in [3.63, 3.8) is 0 Å². The number of rotatable bonds is 4. The Balaban J connectivity index is 2.14. The Morgan fingerprint density at radius 2 is 1.81 bits per heavy atom. The number of benzene rings is 1. The SMILES string of the molecule is Cc1noc(C)c1S(=O)(=O)Nc1csc(C(F)(F)F)c1-c1ccccc1. The number of halogens is 3. The van der Waals surface area contributed by atoms with Crippen LogP contribution in [0.5, 0.6) is 0 Å². The molecule has 0 bridgehead atoms. The lowest BCUT2D eigenvalue weighted by Gasteiger charge is -2.12. The molecule has 0 aliphatic rings. The summed E-state index contributed by atoms with van der Waals surface area (Å²) in [6.45, 7) is 2.86. The van der Waals surface area contributed by atoms with Crippen molar-refractivity contribution >= 4 is 27.0 Å². The third-order valence-corrected chi connectivity index (χ3v) is 6.23. The van der Waals surface area contributed by atoms with Gasteiger partial charge in [0.2, 0.25) is 0 Å². The van der Waals surface area contributed by atoms with E-state index in [1.807, 2.05) is 0 Å². The molecule has 0 aliphatic heterocycles. The van der Waals surface area contributed by atoms with Crippen LogP contribution >= 0.6 is 11.3 Å². The first-order valence-corrected chi connectivity index (χ1v) is 9.67. The number of thiophene rings is 1. The quantitative estimate of drug-likeness (QED) is 0.678. The van der Waals surface area contributed by atoms with Crippen LogP contribution in [0.15, 0.2) is 45.1 Å². The average molecular weight is 402 g/mol. The number of alkyl halides is 3. The molecule has 2 aromatic heterocycles. The first-order valence-electron chi connectivity index (χ1n) is 7.31. The minimum absolute atomic E-state index is 0.0579. The van der Waals surface area contributed by atoms with Gasteiger partial charge in [-0.1, -0.05) is 35.5 Å². The van der Waals surface area contributed by atoms with Gasteiger partial charge in [-0.2, -0.15) is 13.2 Å². The lowest BCUT2D eigenvalue weighted by Crippen LogP contribution is -2.15. The van der Waals surface area contributed by atoms with Crippen molar-refractivity contribution in [1.29, 1.82) is 0 Å². The fourth-order valence-corrected chi connectivity index (χ4v) is 4.95. The summed E-state index contributed by atoms with van der Waals surface area (Å²) in [6, 6.07) is 7.81. The lowest BCUT2D eigenvalue weighted by atomic mass is 10.1. The van der Waals surface area contributed by atoms with Crippen molar-refractivity contribution in [2.75, 3.05) is 4.72 Å². The molecule has 0 unspecified atom stereocenters. The van der Waals surface area contributed by atoms with Gasteiger partial charge < -0.3 is 4.52 Å². The van der Waals surface area contributed by atoms with Crippen molar-refractivity contribution < 1.29 is 26.1 Å². The molecule has 0 saturated heterocycles. The maximum Gasteiger partial charge on any atom is 0.426 e. The molecule has 26 heavy (non-hydrogen) atoms. The second-order valence-corrected chi connectivity index (χ2v) is 7.97. The van der Waals surface area contributed by atoms with E-state index in [1.54, 1.807) is 18.2 Å². The number of aryl methyl sites for hydroxylation is 2. The molecule has 0 amide bonds. The van der Waals surface area contributed by atoms with Crippen LogP contribution in [0, 0.1) is 13.8 Å². The van der Waals surface area contributed by atoms with Crippen LogP contribution in [0.4, 0.5) is 18.9 Å². The van der Waals surface area contributed by atoms with Crippen LogP contribution in [0.25, 0.3) is 11.1 Å². The Bertz CT molecular complexity index is 1020. The van der Waals surface area contributed by atoms with Crippen LogP contribution in [0.2, 0.25) is 0 Å². The van der Waals surface area contributed by atoms with Gasteiger partial charge in [-0.3, -0.25) is 4.72 Å². The monoisotopic (exact) mass is 402 g/mol. The second kappa shape index (κ2) is 6.44. The topological polar surface area (TPSA) is 72.2 Å². The number of nitrogens with one attached hydrogen (secondary N) is 1. The molecule has 1 N–H and O–H groups in total. The molecule has 3 aromatic rings. The number of nitrogens with zero attached hydrogens (tertiary/aromatic N) is 1. The number of hydrogen-bond donors (Lipinski definition) is 1. The van der Waals surface area contributed by atoms with Crippen molar-refractivity contribution in [1.82, 2.24) is 5.16 Å². The van der Waals surface area contributed by atoms with Crippen molar-refractivity contribution in [3.05, 3.63) is 52.0 Å². The zero-order valence-electron chi connectivity index (χ0n) is 13.6. The maximum absolute atomic E-state index is 13.4. The Labute approximate surface area is 151 Å². The van der Waals surface area contributed by atoms with Gasteiger partial charge in [0.05, 0.1) is 5.69 Å². The summed E-state index contributed by atoms with van der Waals surface area (Å²) in [5.74, 6) is 0.0579. The van der Waals surface area contributed by atoms with Gasteiger partial charge in [0.15, 0.2) is 10.7 Å². The van der Waals surface area contributed by atoms with Gasteiger partial charge >= 0.3 is 6.18 Å². The van der Waals surface area contributed by atoms with Gasteiger partial charge in [-0.15, -0.1) is 11.3 Å². The van der Waals surface area contributed by atoms with Crippen LogP contribution in [0.1, 0.15) is 16.3 Å². The first kappa shape index (κ1) is 18.5. The second-order valence-electron chi connectivity index (χ2n) is 5.48. The van der Waals surface area contributed by atoms with Crippen LogP contribution in [-0.2, 0) is 16.2 Å². The molecule has 2 heterocycles. The van der Waals surface area contributed by atoms with Gasteiger partial charge in [-0.25, -0.2) is 8.42 Å². The van der Waals surface area contributed by atoms with Crippen LogP contribution < -0.4 is 4.72 Å². The smallest absolute Gasteiger partial charge is 0.360 e. The molecular weight excluding hydrogens is 389 g/mol. The molecular formula is C16H13F3N2O3S2. The molecule has 0 spiro atoms. The molecule has 10 heteroatoms. The van der Waals surface area contributed by atoms with Gasteiger partial charge in [0.1, 0.15) is 10.6 Å². The highest BCUT2D eigenvalue weighted by Gasteiger charge is 2.38. The first-order chi connectivity index (χ1) is 12.1. The number of sulfonamides is 1. The summed E-state index contributed by atoms with van der Waals surface area (Å²) in [6.07, 6.45) is -4.61. The predicted octanol–water partition coefficient (Wildman–Crippen LogP) is 4.84. The van der Waals surface area contributed by atoms with E-state index in [-0.39, 0.29) is 33.2 Å². The van der Waals surface area contributed by atoms with E-state index in [1.165, 1.54) is 26.0 Å². The summed E-state index contributed by atoms with van der Waals surface area (Å²) in [5.41, 5.74) is 0.0343. The predicted molar refractivity (Wildman–Crippen MR) is 91.5 cm³/mol. The zero-order chi connectivity index (χ0) is 19.1. The van der Waals surface area contributed by atoms with Crippen LogP contribution in [0.3, 0.4) is 0 Å². The third-order valence-electron chi connectivity index (χ3n) is 3.59. The summed E-state index contributed by atoms with van der Waals surface area (Å²) < 4.78 is 72.6. The van der Waals surface area contributed by atoms with E-state index in [2.05, 4.69) is 9.88 Å². The molecule has 0 saturated carbocycles. The largest absolute Gasteiger partial charge is 0.426 e. The highest BCUT2D eigenvalue weighted by atomic mass is 32.2. The highest BCUT2D eigenvalue weighted by Crippen LogP contribution is 2.46. The van der Waals surface area contributed by atoms with E-state index in [9.17, 15) is 21.6 Å². The fraction of sp³-hybridized carbons (Fsp3) is 0.188. The normalized spacial score (nSPS) is 12.3. The van der Waals surface area contributed by atoms with Crippen LogP contribution in [-0.4, -0.2) is 13.6 Å². The van der Waals surface area contributed by atoms with E-state index in [0.29, 0.717) is 11.3 Å². The maximum atomic E-state index is 13.4. The van der Waals surface area contributed by atoms with Gasteiger partial charge in [-0.05, 0) is 19.4 Å². The Morgan fingerprint density at radius 3 is 2.35 bits per heavy atom. The van der Waals surface area contributed by atoms with Crippen molar-refractivity contribution in [2.45, 2.75) is 24.9 Å². The van der Waals surface area contributed by atoms with E-state index in [0.717, 1.165) is 5.38 Å². The van der Waals surface area contributed by atoms with E-state index in [4.69, 9.17) is 4.52 Å². The Morgan fingerprint density at radius 1 is 1.15 bits per heavy atom. The van der Waals surface area contributed by atoms with Crippen molar-refractivity contribution in [3.8, 4) is 11.1 Å². The number of hydrogen-bond acceptors (Lipinski definition) is 5. The summed E-state index contributed by atoms with van der Waals surface area (Å²) in [4.78, 5) is -1.06. The highest BCUT2D eigenvalue weighted by molar-refractivity contribution is 7.92. The minimum Gasteiger partial charge on any atom is -0.360 e. The Hall–Kier alpha value is -2.33. The zero-order valence-corrected chi connectivity index (χ0v) is 15.2. The molecule has 0 aliphatic carbocycles. The molecule has 138 valence electrons. The van der Waals surface area contributed by atoms with Crippen molar-refractivity contribution in [2.24, 2.45) is 0 Å². The Kier molecular flexibility index (Phi) is 4.57. The van der Waals surface area contributed by atoms with Gasteiger partial charge in [0.25, 0.3) is 10.0 Å². The molecule has 3 rings (SSSR count). The summed E-state index contributed by atoms with van der Waals surface area (Å²) >= 11 is 0.433. The van der Waals surface area contributed by atoms with Gasteiger partial charge in [0, 0.05) is 10.9 Å². The van der Waals surface area contributed by atoms with E-state index >= 15 is 0 Å². The molecule has 5 nitrogen and oxygen atoms in total. The molecule has 0 radical (unpaired) electrons. The summed E-state index contributed by atoms with van der Waals surface area (Å²) in [5, 5.41) is 4.72. The summed E-state index contributed by atoms with van der Waals surface area (Å²) in [7, 11) is -4.16. The molecule has 0 atom stereocenters. The standard InChI is InChI=1S/C16H13F3N2O3S2/c1-9-14(10(2)24-20-9)26(22,23)21-12-8-25-15(16(17,18)19)13(12)11-6-4-3-5-7-11/h3-8,21H,1-2H3. The minimum atomic E-state index is -4.61. The lowest BCUT2D eigenvalue weighted by molar-refractivity contribution is -0.133. The fourth-order valence-electron chi connectivity index (χ4n) is 2.59. The molecule has 0 fully saturated rings. The molecule has 1 aromatic carbocycles. The number of anilines is 1. The third kappa shape index (κ3) is 3.34. The van der Waals surface area contributed by atoms with E-state index < -0.39 is 21.1 Å². The number of aromatic nitrogens is 1. The average Bonchev–Trinajstić information content (AvgIpc) is 3.11.